The number of rotatable bonds is 23. The third-order valence-electron chi connectivity index (χ3n) is 5.82. The highest BCUT2D eigenvalue weighted by Crippen LogP contribution is 2.20. The predicted octanol–water partition coefficient (Wildman–Crippen LogP) is 5.89. The van der Waals surface area contributed by atoms with Gasteiger partial charge in [-0.2, -0.15) is 0 Å². The van der Waals surface area contributed by atoms with E-state index in [0.29, 0.717) is 19.3 Å². The van der Waals surface area contributed by atoms with Crippen LogP contribution in [0.5, 0.6) is 0 Å². The summed E-state index contributed by atoms with van der Waals surface area (Å²) < 4.78 is 16.3. The number of hydrogen-bond donors (Lipinski definition) is 0. The van der Waals surface area contributed by atoms with Crippen LogP contribution in [0.3, 0.4) is 0 Å². The summed E-state index contributed by atoms with van der Waals surface area (Å²) in [6.45, 7) is 9.15. The first-order valence-electron chi connectivity index (χ1n) is 13.7. The molecule has 0 aliphatic heterocycles. The van der Waals surface area contributed by atoms with Gasteiger partial charge in [-0.15, -0.1) is 0 Å². The van der Waals surface area contributed by atoms with Gasteiger partial charge in [0.25, 0.3) is 0 Å². The Labute approximate surface area is 214 Å². The molecule has 0 N–H and O–H groups in total. The number of unbranched alkanes of at least 4 members (excludes halogenated alkanes) is 9. The fourth-order valence-corrected chi connectivity index (χ4v) is 3.49. The van der Waals surface area contributed by atoms with E-state index in [4.69, 9.17) is 14.2 Å². The molecule has 35 heavy (non-hydrogen) atoms. The van der Waals surface area contributed by atoms with Gasteiger partial charge < -0.3 is 19.1 Å². The normalized spacial score (nSPS) is 11.5. The largest absolute Gasteiger partial charge is 0.465 e. The summed E-state index contributed by atoms with van der Waals surface area (Å²) in [4.78, 5) is 38.6. The minimum atomic E-state index is -1.02. The number of hydrogen-bond acceptors (Lipinski definition) is 7. The molecule has 0 atom stereocenters. The first kappa shape index (κ1) is 33.4. The van der Waals surface area contributed by atoms with Gasteiger partial charge in [0.15, 0.2) is 0 Å². The van der Waals surface area contributed by atoms with E-state index < -0.39 is 5.41 Å². The predicted molar refractivity (Wildman–Crippen MR) is 140 cm³/mol. The maximum Gasteiger partial charge on any atom is 0.305 e. The van der Waals surface area contributed by atoms with Gasteiger partial charge in [-0.25, -0.2) is 0 Å². The molecule has 0 rings (SSSR count). The molecule has 0 saturated carbocycles. The van der Waals surface area contributed by atoms with Gasteiger partial charge in [-0.3, -0.25) is 14.4 Å². The van der Waals surface area contributed by atoms with Gasteiger partial charge in [0.05, 0.1) is 5.41 Å². The van der Waals surface area contributed by atoms with E-state index in [1.54, 1.807) is 0 Å². The van der Waals surface area contributed by atoms with Gasteiger partial charge in [0.2, 0.25) is 0 Å². The van der Waals surface area contributed by atoms with Crippen molar-refractivity contribution in [2.45, 2.75) is 110 Å². The second-order valence-electron chi connectivity index (χ2n) is 10.1. The molecule has 0 aromatic heterocycles. The van der Waals surface area contributed by atoms with Crippen molar-refractivity contribution in [2.75, 3.05) is 40.5 Å². The van der Waals surface area contributed by atoms with E-state index in [1.807, 2.05) is 14.1 Å². The van der Waals surface area contributed by atoms with Gasteiger partial charge in [0.1, 0.15) is 19.8 Å². The van der Waals surface area contributed by atoms with Crippen LogP contribution in [0.1, 0.15) is 110 Å². The van der Waals surface area contributed by atoms with Crippen molar-refractivity contribution in [3.63, 3.8) is 0 Å². The zero-order valence-electron chi connectivity index (χ0n) is 23.0. The summed E-state index contributed by atoms with van der Waals surface area (Å²) >= 11 is 0. The molecule has 0 fully saturated rings. The second-order valence-corrected chi connectivity index (χ2v) is 10.1. The minimum absolute atomic E-state index is 0.0571. The number of carbonyl (C=O) groups is 3. The number of carbonyl (C=O) groups excluding carboxylic acids is 3. The number of esters is 3. The molecule has 0 aromatic rings. The van der Waals surface area contributed by atoms with Gasteiger partial charge >= 0.3 is 17.9 Å². The molecule has 0 aliphatic carbocycles. The third-order valence-corrected chi connectivity index (χ3v) is 5.82. The van der Waals surface area contributed by atoms with Crippen LogP contribution in [-0.4, -0.2) is 63.3 Å². The Bertz CT molecular complexity index is 534. The quantitative estimate of drug-likeness (QED) is 0.0987. The zero-order chi connectivity index (χ0) is 26.4. The van der Waals surface area contributed by atoms with E-state index in [1.165, 1.54) is 12.8 Å². The van der Waals surface area contributed by atoms with Crippen LogP contribution < -0.4 is 0 Å². The molecule has 205 valence electrons. The first-order valence-corrected chi connectivity index (χ1v) is 13.7. The molecule has 0 unspecified atom stereocenters. The SMILES string of the molecule is [CH2]C(COC(=O)CCCCCCC)(COC(=O)CCCCCCC)COC(=O)CCCCN(C)C. The average molecular weight is 499 g/mol. The van der Waals surface area contributed by atoms with E-state index in [2.05, 4.69) is 25.7 Å². The minimum Gasteiger partial charge on any atom is -0.465 e. The maximum atomic E-state index is 12.2. The average Bonchev–Trinajstić information content (AvgIpc) is 2.82. The fraction of sp³-hybridized carbons (Fsp3) is 0.857. The monoisotopic (exact) mass is 498 g/mol. The molecule has 0 spiro atoms. The molecular weight excluding hydrogens is 446 g/mol. The van der Waals surface area contributed by atoms with Gasteiger partial charge in [0, 0.05) is 19.3 Å². The summed E-state index contributed by atoms with van der Waals surface area (Å²) in [5.74, 6) is -0.917. The summed E-state index contributed by atoms with van der Waals surface area (Å²) in [5.41, 5.74) is -1.02. The standard InChI is InChI=1S/C28H52NO6/c1-6-8-10-12-14-18-25(30)33-22-28(3,23-34-26(31)19-15-13-11-9-7-2)24-35-27(32)20-16-17-21-29(4)5/h3,6-24H2,1-2,4-5H3. The highest BCUT2D eigenvalue weighted by molar-refractivity contribution is 5.70. The lowest BCUT2D eigenvalue weighted by Gasteiger charge is -2.28. The zero-order valence-corrected chi connectivity index (χ0v) is 23.0. The molecule has 0 aromatic carbocycles. The van der Waals surface area contributed by atoms with E-state index in [-0.39, 0.29) is 37.7 Å². The Morgan fingerprint density at radius 1 is 0.600 bits per heavy atom. The number of ether oxygens (including phenoxy) is 3. The van der Waals surface area contributed by atoms with Gasteiger partial charge in [-0.05, 0) is 53.2 Å². The highest BCUT2D eigenvalue weighted by atomic mass is 16.6. The topological polar surface area (TPSA) is 82.1 Å². The highest BCUT2D eigenvalue weighted by Gasteiger charge is 2.31. The van der Waals surface area contributed by atoms with E-state index in [0.717, 1.165) is 70.8 Å². The summed E-state index contributed by atoms with van der Waals surface area (Å²) in [7, 11) is 3.99. The second kappa shape index (κ2) is 21.6. The van der Waals surface area contributed by atoms with Crippen LogP contribution in [-0.2, 0) is 28.6 Å². The summed E-state index contributed by atoms with van der Waals surface area (Å²) in [5, 5.41) is 0. The lowest BCUT2D eigenvalue weighted by Crippen LogP contribution is -2.37. The molecule has 0 amide bonds. The lowest BCUT2D eigenvalue weighted by molar-refractivity contribution is -0.158. The van der Waals surface area contributed by atoms with Crippen LogP contribution in [0.4, 0.5) is 0 Å². The molecule has 0 aliphatic rings. The Balaban J connectivity index is 4.60. The Kier molecular flexibility index (Phi) is 20.6. The van der Waals surface area contributed by atoms with Crippen molar-refractivity contribution in [3.05, 3.63) is 6.92 Å². The van der Waals surface area contributed by atoms with Crippen molar-refractivity contribution < 1.29 is 28.6 Å². The van der Waals surface area contributed by atoms with Crippen molar-refractivity contribution in [2.24, 2.45) is 5.41 Å². The van der Waals surface area contributed by atoms with Crippen molar-refractivity contribution in [1.82, 2.24) is 4.90 Å². The smallest absolute Gasteiger partial charge is 0.305 e. The first-order chi connectivity index (χ1) is 16.7. The molecule has 0 bridgehead atoms. The Morgan fingerprint density at radius 2 is 0.943 bits per heavy atom. The maximum absolute atomic E-state index is 12.2. The van der Waals surface area contributed by atoms with Crippen LogP contribution in [0.25, 0.3) is 0 Å². The fourth-order valence-electron chi connectivity index (χ4n) is 3.49. The molecule has 7 nitrogen and oxygen atoms in total. The molecule has 1 radical (unpaired) electrons. The van der Waals surface area contributed by atoms with Crippen LogP contribution in [0.15, 0.2) is 0 Å². The molecule has 0 saturated heterocycles. The van der Waals surface area contributed by atoms with Crippen molar-refractivity contribution in [1.29, 1.82) is 0 Å². The lowest BCUT2D eigenvalue weighted by atomic mass is 9.94. The van der Waals surface area contributed by atoms with Gasteiger partial charge in [-0.1, -0.05) is 65.2 Å². The number of nitrogens with zero attached hydrogens (tertiary/aromatic N) is 1. The van der Waals surface area contributed by atoms with Crippen LogP contribution in [0.2, 0.25) is 0 Å². The van der Waals surface area contributed by atoms with Crippen LogP contribution in [0, 0.1) is 12.3 Å². The molecule has 0 heterocycles. The van der Waals surface area contributed by atoms with Crippen molar-refractivity contribution >= 4 is 17.9 Å². The van der Waals surface area contributed by atoms with E-state index >= 15 is 0 Å². The van der Waals surface area contributed by atoms with Crippen LogP contribution >= 0.6 is 0 Å². The molecular formula is C28H52NO6. The summed E-state index contributed by atoms with van der Waals surface area (Å²) in [6.07, 6.45) is 13.1. The van der Waals surface area contributed by atoms with E-state index in [9.17, 15) is 14.4 Å². The van der Waals surface area contributed by atoms with Crippen molar-refractivity contribution in [3.8, 4) is 0 Å². The Morgan fingerprint density at radius 3 is 1.29 bits per heavy atom. The summed E-state index contributed by atoms with van der Waals surface area (Å²) in [6, 6.07) is 0. The Hall–Kier alpha value is -1.63. The molecule has 7 heteroatoms. The third kappa shape index (κ3) is 21.4.